The van der Waals surface area contributed by atoms with Crippen molar-refractivity contribution in [2.75, 3.05) is 6.54 Å². The minimum absolute atomic E-state index is 0.0532. The van der Waals surface area contributed by atoms with E-state index in [-0.39, 0.29) is 17.0 Å². The lowest BCUT2D eigenvalue weighted by Crippen LogP contribution is -2.30. The van der Waals surface area contributed by atoms with Crippen LogP contribution in [0.25, 0.3) is 0 Å². The third-order valence-corrected chi connectivity index (χ3v) is 3.77. The highest BCUT2D eigenvalue weighted by molar-refractivity contribution is 7.89. The summed E-state index contributed by atoms with van der Waals surface area (Å²) in [7, 11) is -3.75. The van der Waals surface area contributed by atoms with Crippen molar-refractivity contribution < 1.29 is 18.3 Å². The molecule has 7 heteroatoms. The topological polar surface area (TPSA) is 109 Å². The van der Waals surface area contributed by atoms with Crippen molar-refractivity contribution in [2.24, 2.45) is 5.73 Å². The maximum absolute atomic E-state index is 11.8. The van der Waals surface area contributed by atoms with E-state index in [1.807, 2.05) is 0 Å². The fraction of sp³-hybridized carbons (Fsp3) is 0.364. The Kier molecular flexibility index (Phi) is 4.44. The van der Waals surface area contributed by atoms with Crippen LogP contribution in [0.5, 0.6) is 0 Å². The van der Waals surface area contributed by atoms with Gasteiger partial charge in [-0.15, -0.1) is 0 Å². The molecule has 6 nitrogen and oxygen atoms in total. The van der Waals surface area contributed by atoms with Crippen LogP contribution in [0.2, 0.25) is 0 Å². The molecule has 0 aliphatic heterocycles. The maximum Gasteiger partial charge on any atom is 0.249 e. The number of aliphatic hydroxyl groups is 1. The van der Waals surface area contributed by atoms with E-state index in [1.165, 1.54) is 25.1 Å². The number of rotatable bonds is 5. The van der Waals surface area contributed by atoms with Crippen molar-refractivity contribution in [2.45, 2.75) is 24.8 Å². The van der Waals surface area contributed by atoms with Gasteiger partial charge >= 0.3 is 0 Å². The number of nitrogens with two attached hydrogens (primary N) is 1. The van der Waals surface area contributed by atoms with Gasteiger partial charge in [-0.05, 0) is 31.5 Å². The monoisotopic (exact) mass is 272 g/mol. The van der Waals surface area contributed by atoms with Crippen molar-refractivity contribution in [1.82, 2.24) is 4.72 Å². The molecular weight excluding hydrogens is 256 g/mol. The Hall–Kier alpha value is -1.44. The van der Waals surface area contributed by atoms with Crippen LogP contribution in [-0.4, -0.2) is 32.1 Å². The second kappa shape index (κ2) is 5.47. The largest absolute Gasteiger partial charge is 0.392 e. The van der Waals surface area contributed by atoms with Crippen LogP contribution in [-0.2, 0) is 10.0 Å². The van der Waals surface area contributed by atoms with E-state index >= 15 is 0 Å². The van der Waals surface area contributed by atoms with Gasteiger partial charge in [0.15, 0.2) is 0 Å². The second-order valence-electron chi connectivity index (χ2n) is 4.04. The predicted octanol–water partition coefficient (Wildman–Crippen LogP) is -0.247. The SMILES string of the molecule is Cc1ccc(S(=O)(=O)NCC(C)O)cc1C(N)=O. The number of nitrogens with one attached hydrogen (secondary N) is 1. The lowest BCUT2D eigenvalue weighted by atomic mass is 10.1. The number of sulfonamides is 1. The highest BCUT2D eigenvalue weighted by Gasteiger charge is 2.17. The van der Waals surface area contributed by atoms with E-state index in [2.05, 4.69) is 4.72 Å². The van der Waals surface area contributed by atoms with E-state index in [0.717, 1.165) is 0 Å². The van der Waals surface area contributed by atoms with Crippen LogP contribution < -0.4 is 10.5 Å². The third-order valence-electron chi connectivity index (χ3n) is 2.35. The highest BCUT2D eigenvalue weighted by atomic mass is 32.2. The summed E-state index contributed by atoms with van der Waals surface area (Å²) < 4.78 is 25.9. The van der Waals surface area contributed by atoms with E-state index < -0.39 is 22.0 Å². The molecule has 1 aromatic carbocycles. The molecule has 0 spiro atoms. The maximum atomic E-state index is 11.8. The van der Waals surface area contributed by atoms with Gasteiger partial charge in [0.05, 0.1) is 11.0 Å². The standard InChI is InChI=1S/C11H16N2O4S/c1-7-3-4-9(5-10(7)11(12)15)18(16,17)13-6-8(2)14/h3-5,8,13-14H,6H2,1-2H3,(H2,12,15). The summed E-state index contributed by atoms with van der Waals surface area (Å²) in [6, 6.07) is 4.12. The van der Waals surface area contributed by atoms with Crippen LogP contribution in [0.15, 0.2) is 23.1 Å². The molecule has 0 aromatic heterocycles. The number of primary amides is 1. The minimum Gasteiger partial charge on any atom is -0.392 e. The smallest absolute Gasteiger partial charge is 0.249 e. The van der Waals surface area contributed by atoms with Gasteiger partial charge in [0, 0.05) is 12.1 Å². The minimum atomic E-state index is -3.75. The summed E-state index contributed by atoms with van der Waals surface area (Å²) in [6.07, 6.45) is -0.791. The zero-order valence-electron chi connectivity index (χ0n) is 10.2. The van der Waals surface area contributed by atoms with Crippen LogP contribution in [0.3, 0.4) is 0 Å². The first-order valence-electron chi connectivity index (χ1n) is 5.32. The number of hydrogen-bond donors (Lipinski definition) is 3. The Labute approximate surface area is 106 Å². The molecule has 1 aromatic rings. The molecule has 1 amide bonds. The Morgan fingerprint density at radius 1 is 1.50 bits per heavy atom. The van der Waals surface area contributed by atoms with Crippen molar-refractivity contribution in [3.63, 3.8) is 0 Å². The zero-order valence-corrected chi connectivity index (χ0v) is 11.0. The van der Waals surface area contributed by atoms with E-state index in [1.54, 1.807) is 6.92 Å². The van der Waals surface area contributed by atoms with Gasteiger partial charge in [0.25, 0.3) is 0 Å². The number of hydrogen-bond acceptors (Lipinski definition) is 4. The second-order valence-corrected chi connectivity index (χ2v) is 5.81. The number of carbonyl (C=O) groups excluding carboxylic acids is 1. The van der Waals surface area contributed by atoms with E-state index in [9.17, 15) is 13.2 Å². The lowest BCUT2D eigenvalue weighted by Gasteiger charge is -2.10. The van der Waals surface area contributed by atoms with Gasteiger partial charge < -0.3 is 10.8 Å². The van der Waals surface area contributed by atoms with E-state index in [0.29, 0.717) is 5.56 Å². The zero-order chi connectivity index (χ0) is 13.9. The Bertz CT molecular complexity index is 552. The van der Waals surface area contributed by atoms with Crippen molar-refractivity contribution in [3.8, 4) is 0 Å². The molecule has 1 unspecified atom stereocenters. The summed E-state index contributed by atoms with van der Waals surface area (Å²) in [6.45, 7) is 3.04. The van der Waals surface area contributed by atoms with Gasteiger partial charge in [0.1, 0.15) is 0 Å². The summed E-state index contributed by atoms with van der Waals surface area (Å²) in [4.78, 5) is 11.1. The summed E-state index contributed by atoms with van der Waals surface area (Å²) in [5, 5.41) is 9.05. The third kappa shape index (κ3) is 3.52. The lowest BCUT2D eigenvalue weighted by molar-refractivity contribution is 0.0999. The molecule has 1 rings (SSSR count). The number of aliphatic hydroxyl groups excluding tert-OH is 1. The predicted molar refractivity (Wildman–Crippen MR) is 66.6 cm³/mol. The summed E-state index contributed by atoms with van der Waals surface area (Å²) in [5.41, 5.74) is 5.93. The molecule has 0 bridgehead atoms. The quantitative estimate of drug-likeness (QED) is 0.686. The first kappa shape index (κ1) is 14.6. The molecule has 0 heterocycles. The van der Waals surface area contributed by atoms with Crippen LogP contribution in [0.1, 0.15) is 22.8 Å². The van der Waals surface area contributed by atoms with Crippen molar-refractivity contribution in [1.29, 1.82) is 0 Å². The van der Waals surface area contributed by atoms with Gasteiger partial charge in [-0.1, -0.05) is 6.07 Å². The first-order chi connectivity index (χ1) is 8.24. The normalized spacial score (nSPS) is 13.3. The number of benzene rings is 1. The van der Waals surface area contributed by atoms with Crippen molar-refractivity contribution in [3.05, 3.63) is 29.3 Å². The number of amides is 1. The van der Waals surface area contributed by atoms with Crippen LogP contribution >= 0.6 is 0 Å². The highest BCUT2D eigenvalue weighted by Crippen LogP contribution is 2.15. The Morgan fingerprint density at radius 3 is 2.61 bits per heavy atom. The molecule has 4 N–H and O–H groups in total. The molecule has 0 saturated heterocycles. The van der Waals surface area contributed by atoms with Gasteiger partial charge in [-0.25, -0.2) is 13.1 Å². The van der Waals surface area contributed by atoms with Crippen LogP contribution in [0, 0.1) is 6.92 Å². The summed E-state index contributed by atoms with van der Waals surface area (Å²) >= 11 is 0. The van der Waals surface area contributed by atoms with Gasteiger partial charge in [-0.3, -0.25) is 4.79 Å². The van der Waals surface area contributed by atoms with Gasteiger partial charge in [-0.2, -0.15) is 0 Å². The molecule has 0 saturated carbocycles. The fourth-order valence-corrected chi connectivity index (χ4v) is 2.49. The molecule has 18 heavy (non-hydrogen) atoms. The number of aryl methyl sites for hydroxylation is 1. The van der Waals surface area contributed by atoms with E-state index in [4.69, 9.17) is 10.8 Å². The average molecular weight is 272 g/mol. The van der Waals surface area contributed by atoms with Gasteiger partial charge in [0.2, 0.25) is 15.9 Å². The molecular formula is C11H16N2O4S. The Balaban J connectivity index is 3.10. The fourth-order valence-electron chi connectivity index (χ4n) is 1.35. The summed E-state index contributed by atoms with van der Waals surface area (Å²) in [5.74, 6) is -0.680. The molecule has 1 atom stereocenters. The molecule has 100 valence electrons. The first-order valence-corrected chi connectivity index (χ1v) is 6.80. The molecule has 0 fully saturated rings. The molecule has 0 radical (unpaired) electrons. The number of carbonyl (C=O) groups is 1. The average Bonchev–Trinajstić information content (AvgIpc) is 2.26. The molecule has 0 aliphatic carbocycles. The van der Waals surface area contributed by atoms with Crippen LogP contribution in [0.4, 0.5) is 0 Å². The van der Waals surface area contributed by atoms with Crippen molar-refractivity contribution >= 4 is 15.9 Å². The molecule has 0 aliphatic rings. The Morgan fingerprint density at radius 2 is 2.11 bits per heavy atom.